The Balaban J connectivity index is 1.81. The summed E-state index contributed by atoms with van der Waals surface area (Å²) < 4.78 is 16.0. The van der Waals surface area contributed by atoms with E-state index < -0.39 is 0 Å². The van der Waals surface area contributed by atoms with Crippen molar-refractivity contribution in [1.82, 2.24) is 10.6 Å². The quantitative estimate of drug-likeness (QED) is 0.765. The Morgan fingerprint density at radius 2 is 1.96 bits per heavy atom. The highest BCUT2D eigenvalue weighted by Gasteiger charge is 2.29. The van der Waals surface area contributed by atoms with E-state index in [-0.39, 0.29) is 24.1 Å². The van der Waals surface area contributed by atoms with E-state index in [0.29, 0.717) is 19.8 Å². The molecule has 2 amide bonds. The zero-order valence-electron chi connectivity index (χ0n) is 13.8. The largest absolute Gasteiger partial charge is 0.382 e. The van der Waals surface area contributed by atoms with Gasteiger partial charge in [-0.05, 0) is 12.0 Å². The molecule has 0 saturated carbocycles. The van der Waals surface area contributed by atoms with Gasteiger partial charge in [0.15, 0.2) is 0 Å². The smallest absolute Gasteiger partial charge is 0.315 e. The maximum Gasteiger partial charge on any atom is 0.315 e. The first kappa shape index (κ1) is 17.7. The van der Waals surface area contributed by atoms with Gasteiger partial charge in [0.2, 0.25) is 0 Å². The van der Waals surface area contributed by atoms with Crippen LogP contribution in [0.15, 0.2) is 30.3 Å². The van der Waals surface area contributed by atoms with Crippen molar-refractivity contribution in [2.75, 3.05) is 40.6 Å². The Hall–Kier alpha value is -1.63. The zero-order chi connectivity index (χ0) is 16.5. The minimum Gasteiger partial charge on any atom is -0.382 e. The number of nitrogens with one attached hydrogen (secondary N) is 2. The maximum absolute atomic E-state index is 12.0. The fraction of sp³-hybridized carbons (Fsp3) is 0.588. The molecule has 2 atom stereocenters. The standard InChI is InChI=1S/C17H26N2O4/c1-21-11-15(12-22-2)19-17(20)18-10-14-8-9-23-16(14)13-6-4-3-5-7-13/h3-7,14-16H,8-12H2,1-2H3,(H2,18,19,20)/t14-,16-/m1/s1. The number of rotatable bonds is 8. The monoisotopic (exact) mass is 322 g/mol. The SMILES string of the molecule is COCC(COC)NC(=O)NC[C@H]1CCO[C@@H]1c1ccccc1. The van der Waals surface area contributed by atoms with Crippen molar-refractivity contribution in [3.05, 3.63) is 35.9 Å². The minimum atomic E-state index is -0.206. The third kappa shape index (κ3) is 5.49. The molecule has 1 aromatic carbocycles. The number of methoxy groups -OCH3 is 2. The van der Waals surface area contributed by atoms with E-state index in [4.69, 9.17) is 14.2 Å². The Labute approximate surface area is 137 Å². The lowest BCUT2D eigenvalue weighted by atomic mass is 9.95. The molecular weight excluding hydrogens is 296 g/mol. The Morgan fingerprint density at radius 1 is 1.26 bits per heavy atom. The molecule has 6 heteroatoms. The molecule has 0 aliphatic carbocycles. The van der Waals surface area contributed by atoms with E-state index in [1.54, 1.807) is 14.2 Å². The second kappa shape index (κ2) is 9.50. The lowest BCUT2D eigenvalue weighted by Crippen LogP contribution is -2.47. The van der Waals surface area contributed by atoms with Crippen molar-refractivity contribution < 1.29 is 19.0 Å². The third-order valence-electron chi connectivity index (χ3n) is 3.94. The third-order valence-corrected chi connectivity index (χ3v) is 3.94. The topological polar surface area (TPSA) is 68.8 Å². The second-order valence-electron chi connectivity index (χ2n) is 5.71. The maximum atomic E-state index is 12.0. The van der Waals surface area contributed by atoms with Crippen LogP contribution >= 0.6 is 0 Å². The fourth-order valence-electron chi connectivity index (χ4n) is 2.85. The lowest BCUT2D eigenvalue weighted by Gasteiger charge is -2.21. The number of carbonyl (C=O) groups is 1. The van der Waals surface area contributed by atoms with Crippen LogP contribution in [0.3, 0.4) is 0 Å². The molecule has 1 heterocycles. The number of amides is 2. The normalized spacial score (nSPS) is 20.7. The van der Waals surface area contributed by atoms with Gasteiger partial charge in [0, 0.05) is 33.3 Å². The van der Waals surface area contributed by atoms with Gasteiger partial charge >= 0.3 is 6.03 Å². The van der Waals surface area contributed by atoms with E-state index in [2.05, 4.69) is 22.8 Å². The molecule has 1 fully saturated rings. The fourth-order valence-corrected chi connectivity index (χ4v) is 2.85. The van der Waals surface area contributed by atoms with Gasteiger partial charge in [-0.2, -0.15) is 0 Å². The van der Waals surface area contributed by atoms with E-state index in [9.17, 15) is 4.79 Å². The number of ether oxygens (including phenoxy) is 3. The highest BCUT2D eigenvalue weighted by Crippen LogP contribution is 2.33. The highest BCUT2D eigenvalue weighted by molar-refractivity contribution is 5.74. The summed E-state index contributed by atoms with van der Waals surface area (Å²) in [5.41, 5.74) is 1.16. The highest BCUT2D eigenvalue weighted by atomic mass is 16.5. The summed E-state index contributed by atoms with van der Waals surface area (Å²) in [6.07, 6.45) is 0.990. The number of hydrogen-bond acceptors (Lipinski definition) is 4. The molecule has 1 aromatic rings. The van der Waals surface area contributed by atoms with E-state index in [1.807, 2.05) is 18.2 Å². The summed E-state index contributed by atoms with van der Waals surface area (Å²) >= 11 is 0. The Morgan fingerprint density at radius 3 is 2.61 bits per heavy atom. The molecule has 0 radical (unpaired) electrons. The van der Waals surface area contributed by atoms with Gasteiger partial charge < -0.3 is 24.8 Å². The first-order valence-electron chi connectivity index (χ1n) is 7.93. The lowest BCUT2D eigenvalue weighted by molar-refractivity contribution is 0.0902. The van der Waals surface area contributed by atoms with Crippen LogP contribution in [-0.4, -0.2) is 52.7 Å². The second-order valence-corrected chi connectivity index (χ2v) is 5.71. The van der Waals surface area contributed by atoms with Crippen molar-refractivity contribution in [3.63, 3.8) is 0 Å². The summed E-state index contributed by atoms with van der Waals surface area (Å²) in [7, 11) is 3.20. The molecule has 1 aliphatic heterocycles. The number of carbonyl (C=O) groups excluding carboxylic acids is 1. The van der Waals surface area contributed by atoms with Crippen molar-refractivity contribution in [3.8, 4) is 0 Å². The van der Waals surface area contributed by atoms with Crippen molar-refractivity contribution in [2.24, 2.45) is 5.92 Å². The van der Waals surface area contributed by atoms with Crippen LogP contribution in [0.4, 0.5) is 4.79 Å². The van der Waals surface area contributed by atoms with Crippen LogP contribution in [0.25, 0.3) is 0 Å². The molecule has 0 aromatic heterocycles. The number of hydrogen-bond donors (Lipinski definition) is 2. The van der Waals surface area contributed by atoms with Crippen LogP contribution in [0.5, 0.6) is 0 Å². The molecule has 2 N–H and O–H groups in total. The molecule has 0 unspecified atom stereocenters. The predicted molar refractivity (Wildman–Crippen MR) is 87.3 cm³/mol. The molecule has 6 nitrogen and oxygen atoms in total. The summed E-state index contributed by atoms with van der Waals surface area (Å²) in [4.78, 5) is 12.0. The Bertz CT molecular complexity index is 463. The van der Waals surface area contributed by atoms with E-state index in [1.165, 1.54) is 0 Å². The van der Waals surface area contributed by atoms with Crippen LogP contribution in [0.1, 0.15) is 18.1 Å². The average molecular weight is 322 g/mol. The van der Waals surface area contributed by atoms with Crippen molar-refractivity contribution in [1.29, 1.82) is 0 Å². The molecule has 2 rings (SSSR count). The molecule has 0 bridgehead atoms. The number of benzene rings is 1. The molecule has 128 valence electrons. The molecule has 0 spiro atoms. The van der Waals surface area contributed by atoms with Gasteiger partial charge in [0.1, 0.15) is 0 Å². The van der Waals surface area contributed by atoms with Gasteiger partial charge in [-0.3, -0.25) is 0 Å². The van der Waals surface area contributed by atoms with Crippen LogP contribution in [0.2, 0.25) is 0 Å². The molecule has 23 heavy (non-hydrogen) atoms. The van der Waals surface area contributed by atoms with Gasteiger partial charge in [-0.1, -0.05) is 30.3 Å². The van der Waals surface area contributed by atoms with Gasteiger partial charge in [0.05, 0.1) is 25.4 Å². The average Bonchev–Trinajstić information content (AvgIpc) is 3.03. The van der Waals surface area contributed by atoms with Gasteiger partial charge in [-0.25, -0.2) is 4.79 Å². The van der Waals surface area contributed by atoms with Crippen LogP contribution in [0, 0.1) is 5.92 Å². The predicted octanol–water partition coefficient (Wildman–Crippen LogP) is 1.72. The minimum absolute atomic E-state index is 0.0465. The van der Waals surface area contributed by atoms with Crippen molar-refractivity contribution in [2.45, 2.75) is 18.6 Å². The Kier molecular flexibility index (Phi) is 7.32. The van der Waals surface area contributed by atoms with E-state index in [0.717, 1.165) is 18.6 Å². The van der Waals surface area contributed by atoms with E-state index >= 15 is 0 Å². The van der Waals surface area contributed by atoms with Crippen LogP contribution in [-0.2, 0) is 14.2 Å². The zero-order valence-corrected chi connectivity index (χ0v) is 13.8. The van der Waals surface area contributed by atoms with Crippen LogP contribution < -0.4 is 10.6 Å². The number of urea groups is 1. The summed E-state index contributed by atoms with van der Waals surface area (Å²) in [5.74, 6) is 0.284. The first-order valence-corrected chi connectivity index (χ1v) is 7.93. The first-order chi connectivity index (χ1) is 11.2. The van der Waals surface area contributed by atoms with Gasteiger partial charge in [-0.15, -0.1) is 0 Å². The molecule has 1 aliphatic rings. The summed E-state index contributed by atoms with van der Waals surface area (Å²) in [6, 6.07) is 9.78. The van der Waals surface area contributed by atoms with Crippen molar-refractivity contribution >= 4 is 6.03 Å². The summed E-state index contributed by atoms with van der Waals surface area (Å²) in [6.45, 7) is 2.14. The molecule has 1 saturated heterocycles. The summed E-state index contributed by atoms with van der Waals surface area (Å²) in [5, 5.41) is 5.79. The van der Waals surface area contributed by atoms with Gasteiger partial charge in [0.25, 0.3) is 0 Å². The molecular formula is C17H26N2O4.